The number of ether oxygens (including phenoxy) is 1. The Bertz CT molecular complexity index is 1080. The highest BCUT2D eigenvalue weighted by molar-refractivity contribution is 5.91. The van der Waals surface area contributed by atoms with Crippen molar-refractivity contribution in [3.63, 3.8) is 0 Å². The quantitative estimate of drug-likeness (QED) is 0.421. The van der Waals surface area contributed by atoms with E-state index in [1.165, 1.54) is 0 Å². The number of carbonyl (C=O) groups excluding carboxylic acids is 1. The second-order valence-electron chi connectivity index (χ2n) is 7.66. The highest BCUT2D eigenvalue weighted by Gasteiger charge is 2.22. The Morgan fingerprint density at radius 2 is 1.83 bits per heavy atom. The summed E-state index contributed by atoms with van der Waals surface area (Å²) in [5.74, 6) is 2.46. The fraction of sp³-hybridized carbons (Fsp3) is 0.250. The molecule has 0 bridgehead atoms. The molecule has 2 aromatic carbocycles. The third-order valence-electron chi connectivity index (χ3n) is 4.76. The normalized spacial score (nSPS) is 12.2. The van der Waals surface area contributed by atoms with Gasteiger partial charge in [-0.25, -0.2) is 4.98 Å². The van der Waals surface area contributed by atoms with Gasteiger partial charge in [0.15, 0.2) is 5.76 Å². The number of rotatable bonds is 8. The van der Waals surface area contributed by atoms with E-state index in [2.05, 4.69) is 29.1 Å². The molecule has 6 heteroatoms. The van der Waals surface area contributed by atoms with E-state index >= 15 is 0 Å². The molecule has 1 amide bonds. The molecule has 0 aliphatic rings. The Hall–Kier alpha value is -3.54. The third kappa shape index (κ3) is 4.71. The smallest absolute Gasteiger partial charge is 0.287 e. The molecule has 0 spiro atoms. The van der Waals surface area contributed by atoms with Gasteiger partial charge in [0.25, 0.3) is 5.91 Å². The molecule has 0 fully saturated rings. The van der Waals surface area contributed by atoms with Crippen LogP contribution in [0.4, 0.5) is 0 Å². The van der Waals surface area contributed by atoms with Gasteiger partial charge in [0, 0.05) is 0 Å². The Morgan fingerprint density at radius 3 is 2.60 bits per heavy atom. The van der Waals surface area contributed by atoms with Crippen LogP contribution in [0.25, 0.3) is 11.0 Å². The van der Waals surface area contributed by atoms with Crippen LogP contribution in [-0.4, -0.2) is 15.9 Å². The number of amides is 1. The predicted octanol–water partition coefficient (Wildman–Crippen LogP) is 5.25. The Labute approximate surface area is 175 Å². The van der Waals surface area contributed by atoms with E-state index in [1.54, 1.807) is 12.1 Å². The van der Waals surface area contributed by atoms with Gasteiger partial charge in [-0.2, -0.15) is 0 Å². The Balaban J connectivity index is 1.45. The van der Waals surface area contributed by atoms with Crippen molar-refractivity contribution in [1.82, 2.24) is 15.3 Å². The molecule has 1 unspecified atom stereocenters. The van der Waals surface area contributed by atoms with E-state index in [9.17, 15) is 4.79 Å². The maximum Gasteiger partial charge on any atom is 0.287 e. The van der Waals surface area contributed by atoms with Crippen LogP contribution in [0.15, 0.2) is 71.1 Å². The average Bonchev–Trinajstić information content (AvgIpc) is 3.39. The molecular formula is C24H25N3O3. The zero-order valence-electron chi connectivity index (χ0n) is 17.1. The molecule has 0 saturated heterocycles. The summed E-state index contributed by atoms with van der Waals surface area (Å²) < 4.78 is 11.4. The van der Waals surface area contributed by atoms with Crippen molar-refractivity contribution >= 4 is 16.9 Å². The highest BCUT2D eigenvalue weighted by atomic mass is 16.5. The van der Waals surface area contributed by atoms with Crippen molar-refractivity contribution in [2.24, 2.45) is 5.92 Å². The molecule has 0 saturated carbocycles. The molecule has 2 heterocycles. The van der Waals surface area contributed by atoms with Crippen LogP contribution in [0.5, 0.6) is 5.75 Å². The summed E-state index contributed by atoms with van der Waals surface area (Å²) in [6, 6.07) is 20.5. The minimum atomic E-state index is -0.271. The number of aromatic nitrogens is 2. The summed E-state index contributed by atoms with van der Waals surface area (Å²) in [5, 5.41) is 3.06. The van der Waals surface area contributed by atoms with Gasteiger partial charge in [-0.3, -0.25) is 4.79 Å². The monoisotopic (exact) mass is 403 g/mol. The van der Waals surface area contributed by atoms with Gasteiger partial charge in [0.05, 0.1) is 17.1 Å². The third-order valence-corrected chi connectivity index (χ3v) is 4.76. The van der Waals surface area contributed by atoms with Crippen LogP contribution < -0.4 is 10.1 Å². The number of carbonyl (C=O) groups is 1. The lowest BCUT2D eigenvalue weighted by Gasteiger charge is -2.18. The second-order valence-corrected chi connectivity index (χ2v) is 7.66. The van der Waals surface area contributed by atoms with Gasteiger partial charge in [0.1, 0.15) is 23.9 Å². The summed E-state index contributed by atoms with van der Waals surface area (Å²) >= 11 is 0. The van der Waals surface area contributed by atoms with Gasteiger partial charge in [0.2, 0.25) is 0 Å². The van der Waals surface area contributed by atoms with Crippen LogP contribution in [0.2, 0.25) is 0 Å². The number of hydrogen-bond acceptors (Lipinski definition) is 4. The van der Waals surface area contributed by atoms with Crippen LogP contribution >= 0.6 is 0 Å². The lowest BCUT2D eigenvalue weighted by molar-refractivity contribution is 0.0898. The fourth-order valence-electron chi connectivity index (χ4n) is 3.33. The van der Waals surface area contributed by atoms with Gasteiger partial charge in [-0.05, 0) is 48.7 Å². The topological polar surface area (TPSA) is 80.2 Å². The van der Waals surface area contributed by atoms with Crippen LogP contribution in [0.1, 0.15) is 48.4 Å². The number of nitrogens with one attached hydrogen (secondary N) is 2. The molecule has 0 aliphatic heterocycles. The largest absolute Gasteiger partial charge is 0.486 e. The number of H-pyrrole nitrogens is 1. The maximum atomic E-state index is 12.8. The summed E-state index contributed by atoms with van der Waals surface area (Å²) in [6.45, 7) is 4.50. The molecule has 0 aliphatic carbocycles. The number of imidazole rings is 1. The number of benzene rings is 2. The first-order valence-corrected chi connectivity index (χ1v) is 10.1. The zero-order valence-corrected chi connectivity index (χ0v) is 17.1. The van der Waals surface area contributed by atoms with Crippen LogP contribution in [0.3, 0.4) is 0 Å². The molecule has 0 radical (unpaired) electrons. The van der Waals surface area contributed by atoms with Crippen LogP contribution in [-0.2, 0) is 6.61 Å². The lowest BCUT2D eigenvalue weighted by atomic mass is 10.0. The molecular weight excluding hydrogens is 378 g/mol. The Kier molecular flexibility index (Phi) is 5.84. The summed E-state index contributed by atoms with van der Waals surface area (Å²) in [4.78, 5) is 20.8. The fourth-order valence-corrected chi connectivity index (χ4v) is 3.33. The summed E-state index contributed by atoms with van der Waals surface area (Å²) in [7, 11) is 0. The SMILES string of the molecule is CC(C)CC(NC(=O)c1ccc(COc2ccccc2)o1)c1nc2ccccc2[nH]1. The molecule has 154 valence electrons. The number of hydrogen-bond donors (Lipinski definition) is 2. The first-order chi connectivity index (χ1) is 14.6. The minimum absolute atomic E-state index is 0.237. The average molecular weight is 403 g/mol. The van der Waals surface area contributed by atoms with Crippen molar-refractivity contribution in [1.29, 1.82) is 0 Å². The first-order valence-electron chi connectivity index (χ1n) is 10.1. The second kappa shape index (κ2) is 8.86. The van der Waals surface area contributed by atoms with Gasteiger partial charge < -0.3 is 19.5 Å². The maximum absolute atomic E-state index is 12.8. The van der Waals surface area contributed by atoms with Gasteiger partial charge in [-0.15, -0.1) is 0 Å². The first kappa shape index (κ1) is 19.8. The van der Waals surface area contributed by atoms with E-state index in [4.69, 9.17) is 9.15 Å². The Morgan fingerprint density at radius 1 is 1.07 bits per heavy atom. The number of fused-ring (bicyclic) bond motifs is 1. The lowest BCUT2D eigenvalue weighted by Crippen LogP contribution is -2.30. The number of furan rings is 1. The molecule has 1 atom stereocenters. The van der Waals surface area contributed by atoms with Crippen molar-refractivity contribution < 1.29 is 13.9 Å². The molecule has 4 aromatic rings. The van der Waals surface area contributed by atoms with Crippen molar-refractivity contribution in [2.75, 3.05) is 0 Å². The minimum Gasteiger partial charge on any atom is -0.486 e. The van der Waals surface area contributed by atoms with Crippen molar-refractivity contribution in [3.05, 3.63) is 84.1 Å². The van der Waals surface area contributed by atoms with Gasteiger partial charge in [-0.1, -0.05) is 44.2 Å². The molecule has 2 N–H and O–H groups in total. The summed E-state index contributed by atoms with van der Waals surface area (Å²) in [6.07, 6.45) is 0.760. The highest BCUT2D eigenvalue weighted by Crippen LogP contribution is 2.23. The standard InChI is InChI=1S/C24H25N3O3/c1-16(2)14-21(23-25-19-10-6-7-11-20(19)26-23)27-24(28)22-13-12-18(30-22)15-29-17-8-4-3-5-9-17/h3-13,16,21H,14-15H2,1-2H3,(H,25,26)(H,27,28). The van der Waals surface area contributed by atoms with Crippen LogP contribution in [0, 0.1) is 5.92 Å². The van der Waals surface area contributed by atoms with E-state index in [-0.39, 0.29) is 24.3 Å². The molecule has 4 rings (SSSR count). The molecule has 30 heavy (non-hydrogen) atoms. The van der Waals surface area contributed by atoms with Gasteiger partial charge >= 0.3 is 0 Å². The number of aromatic amines is 1. The van der Waals surface area contributed by atoms with E-state index in [1.807, 2.05) is 54.6 Å². The number of nitrogens with zero attached hydrogens (tertiary/aromatic N) is 1. The zero-order chi connectivity index (χ0) is 20.9. The van der Waals surface area contributed by atoms with E-state index < -0.39 is 0 Å². The van der Waals surface area contributed by atoms with Crippen molar-refractivity contribution in [2.45, 2.75) is 32.9 Å². The molecule has 2 aromatic heterocycles. The van der Waals surface area contributed by atoms with E-state index in [0.717, 1.165) is 29.0 Å². The van der Waals surface area contributed by atoms with E-state index in [0.29, 0.717) is 11.7 Å². The number of para-hydroxylation sites is 3. The summed E-state index contributed by atoms with van der Waals surface area (Å²) in [5.41, 5.74) is 1.84. The van der Waals surface area contributed by atoms with Crippen molar-refractivity contribution in [3.8, 4) is 5.75 Å². The molecule has 6 nitrogen and oxygen atoms in total. The predicted molar refractivity (Wildman–Crippen MR) is 115 cm³/mol.